The predicted octanol–water partition coefficient (Wildman–Crippen LogP) is 2.88. The standard InChI is InChI=1S/C14H27NO4/c1-5-7-9-18-13(16)12(10-11(3)4)15-14(17)19-8-6-2/h11-12H,5-10H2,1-4H3,(H,15,17). The summed E-state index contributed by atoms with van der Waals surface area (Å²) >= 11 is 0. The second-order valence-corrected chi connectivity index (χ2v) is 4.98. The highest BCUT2D eigenvalue weighted by Crippen LogP contribution is 2.07. The maximum absolute atomic E-state index is 11.9. The Hall–Kier alpha value is -1.26. The monoisotopic (exact) mass is 273 g/mol. The average Bonchev–Trinajstić information content (AvgIpc) is 2.35. The molecule has 5 heteroatoms. The molecule has 0 aromatic rings. The van der Waals surface area contributed by atoms with Gasteiger partial charge >= 0.3 is 12.1 Å². The molecule has 0 spiro atoms. The molecule has 112 valence electrons. The summed E-state index contributed by atoms with van der Waals surface area (Å²) in [6, 6.07) is -0.624. The number of ether oxygens (including phenoxy) is 2. The first-order valence-corrected chi connectivity index (χ1v) is 7.11. The summed E-state index contributed by atoms with van der Waals surface area (Å²) in [5.41, 5.74) is 0. The van der Waals surface area contributed by atoms with Gasteiger partial charge in [-0.3, -0.25) is 0 Å². The summed E-state index contributed by atoms with van der Waals surface area (Å²) in [5, 5.41) is 2.57. The van der Waals surface area contributed by atoms with Gasteiger partial charge in [0.15, 0.2) is 0 Å². The van der Waals surface area contributed by atoms with Crippen LogP contribution in [0.1, 0.15) is 53.4 Å². The molecule has 5 nitrogen and oxygen atoms in total. The third kappa shape index (κ3) is 9.33. The number of rotatable bonds is 9. The van der Waals surface area contributed by atoms with E-state index >= 15 is 0 Å². The first kappa shape index (κ1) is 17.7. The van der Waals surface area contributed by atoms with Crippen molar-refractivity contribution in [2.75, 3.05) is 13.2 Å². The molecule has 1 unspecified atom stereocenters. The van der Waals surface area contributed by atoms with Crippen molar-refractivity contribution < 1.29 is 19.1 Å². The van der Waals surface area contributed by atoms with Crippen molar-refractivity contribution in [3.63, 3.8) is 0 Å². The van der Waals surface area contributed by atoms with Gasteiger partial charge in [-0.2, -0.15) is 0 Å². The van der Waals surface area contributed by atoms with Crippen molar-refractivity contribution in [2.24, 2.45) is 5.92 Å². The Balaban J connectivity index is 4.27. The third-order valence-corrected chi connectivity index (χ3v) is 2.46. The molecule has 0 saturated carbocycles. The van der Waals surface area contributed by atoms with Crippen molar-refractivity contribution in [3.8, 4) is 0 Å². The Morgan fingerprint density at radius 2 is 1.74 bits per heavy atom. The number of esters is 1. The van der Waals surface area contributed by atoms with E-state index in [2.05, 4.69) is 5.32 Å². The molecule has 0 bridgehead atoms. The molecule has 0 fully saturated rings. The van der Waals surface area contributed by atoms with E-state index in [9.17, 15) is 9.59 Å². The maximum atomic E-state index is 11.9. The highest BCUT2D eigenvalue weighted by molar-refractivity contribution is 5.81. The molecule has 0 rings (SSSR count). The number of carbonyl (C=O) groups excluding carboxylic acids is 2. The SMILES string of the molecule is CCCCOC(=O)C(CC(C)C)NC(=O)OCCC. The second-order valence-electron chi connectivity index (χ2n) is 4.98. The Morgan fingerprint density at radius 3 is 2.26 bits per heavy atom. The number of alkyl carbamates (subject to hydrolysis) is 1. The number of carbonyl (C=O) groups is 2. The summed E-state index contributed by atoms with van der Waals surface area (Å²) in [4.78, 5) is 23.4. The lowest BCUT2D eigenvalue weighted by molar-refractivity contribution is -0.146. The van der Waals surface area contributed by atoms with Gasteiger partial charge in [0.05, 0.1) is 13.2 Å². The van der Waals surface area contributed by atoms with Crippen LogP contribution in [0.15, 0.2) is 0 Å². The normalized spacial score (nSPS) is 12.1. The summed E-state index contributed by atoms with van der Waals surface area (Å²) in [6.45, 7) is 8.68. The van der Waals surface area contributed by atoms with Crippen LogP contribution in [0.5, 0.6) is 0 Å². The van der Waals surface area contributed by atoms with Crippen LogP contribution < -0.4 is 5.32 Å². The van der Waals surface area contributed by atoms with E-state index in [-0.39, 0.29) is 11.9 Å². The summed E-state index contributed by atoms with van der Waals surface area (Å²) in [7, 11) is 0. The fourth-order valence-corrected chi connectivity index (χ4v) is 1.48. The highest BCUT2D eigenvalue weighted by Gasteiger charge is 2.23. The Kier molecular flexibility index (Phi) is 9.94. The number of unbranched alkanes of at least 4 members (excludes halogenated alkanes) is 1. The van der Waals surface area contributed by atoms with Gasteiger partial charge < -0.3 is 14.8 Å². The fraction of sp³-hybridized carbons (Fsp3) is 0.857. The number of amides is 1. The summed E-state index contributed by atoms with van der Waals surface area (Å²) in [5.74, 6) is -0.0919. The molecule has 0 aliphatic carbocycles. The molecule has 1 atom stereocenters. The number of hydrogen-bond donors (Lipinski definition) is 1. The molecule has 0 aromatic heterocycles. The molecule has 0 radical (unpaired) electrons. The molecule has 0 aliphatic heterocycles. The van der Waals surface area contributed by atoms with Gasteiger partial charge in [0, 0.05) is 0 Å². The van der Waals surface area contributed by atoms with E-state index in [1.54, 1.807) is 0 Å². The lowest BCUT2D eigenvalue weighted by Crippen LogP contribution is -2.43. The second kappa shape index (κ2) is 10.6. The van der Waals surface area contributed by atoms with E-state index in [4.69, 9.17) is 9.47 Å². The molecule has 1 amide bonds. The number of nitrogens with one attached hydrogen (secondary N) is 1. The molecule has 0 aromatic carbocycles. The van der Waals surface area contributed by atoms with Gasteiger partial charge in [-0.05, 0) is 25.2 Å². The maximum Gasteiger partial charge on any atom is 0.407 e. The highest BCUT2D eigenvalue weighted by atomic mass is 16.6. The fourth-order valence-electron chi connectivity index (χ4n) is 1.48. The molecule has 0 heterocycles. The minimum absolute atomic E-state index is 0.287. The van der Waals surface area contributed by atoms with Gasteiger partial charge in [0.2, 0.25) is 0 Å². The van der Waals surface area contributed by atoms with Crippen LogP contribution in [0.2, 0.25) is 0 Å². The molecular weight excluding hydrogens is 246 g/mol. The number of hydrogen-bond acceptors (Lipinski definition) is 4. The van der Waals surface area contributed by atoms with Gasteiger partial charge in [-0.25, -0.2) is 9.59 Å². The van der Waals surface area contributed by atoms with Crippen LogP contribution in [0.25, 0.3) is 0 Å². The van der Waals surface area contributed by atoms with E-state index in [0.29, 0.717) is 19.6 Å². The van der Waals surface area contributed by atoms with Gasteiger partial charge in [0.25, 0.3) is 0 Å². The Morgan fingerprint density at radius 1 is 1.05 bits per heavy atom. The zero-order valence-electron chi connectivity index (χ0n) is 12.5. The topological polar surface area (TPSA) is 64.6 Å². The quantitative estimate of drug-likeness (QED) is 0.518. The average molecular weight is 273 g/mol. The molecule has 19 heavy (non-hydrogen) atoms. The Labute approximate surface area is 116 Å². The van der Waals surface area contributed by atoms with E-state index in [0.717, 1.165) is 19.3 Å². The third-order valence-electron chi connectivity index (χ3n) is 2.46. The van der Waals surface area contributed by atoms with Crippen molar-refractivity contribution in [1.82, 2.24) is 5.32 Å². The van der Waals surface area contributed by atoms with Crippen molar-refractivity contribution in [3.05, 3.63) is 0 Å². The van der Waals surface area contributed by atoms with Gasteiger partial charge in [-0.1, -0.05) is 34.1 Å². The smallest absolute Gasteiger partial charge is 0.407 e. The predicted molar refractivity (Wildman–Crippen MR) is 73.9 cm³/mol. The lowest BCUT2D eigenvalue weighted by Gasteiger charge is -2.19. The largest absolute Gasteiger partial charge is 0.464 e. The van der Waals surface area contributed by atoms with E-state index in [1.807, 2.05) is 27.7 Å². The van der Waals surface area contributed by atoms with E-state index < -0.39 is 12.1 Å². The van der Waals surface area contributed by atoms with Crippen molar-refractivity contribution in [1.29, 1.82) is 0 Å². The van der Waals surface area contributed by atoms with Crippen LogP contribution >= 0.6 is 0 Å². The minimum Gasteiger partial charge on any atom is -0.464 e. The van der Waals surface area contributed by atoms with Crippen molar-refractivity contribution in [2.45, 2.75) is 59.4 Å². The van der Waals surface area contributed by atoms with Crippen LogP contribution in [-0.4, -0.2) is 31.3 Å². The van der Waals surface area contributed by atoms with Crippen LogP contribution in [0, 0.1) is 5.92 Å². The summed E-state index contributed by atoms with van der Waals surface area (Å²) in [6.07, 6.45) is 2.55. The van der Waals surface area contributed by atoms with E-state index in [1.165, 1.54) is 0 Å². The minimum atomic E-state index is -0.624. The molecule has 0 aliphatic rings. The van der Waals surface area contributed by atoms with Gasteiger partial charge in [0.1, 0.15) is 6.04 Å². The zero-order valence-corrected chi connectivity index (χ0v) is 12.5. The van der Waals surface area contributed by atoms with Crippen molar-refractivity contribution >= 4 is 12.1 Å². The van der Waals surface area contributed by atoms with Crippen LogP contribution in [0.4, 0.5) is 4.79 Å². The van der Waals surface area contributed by atoms with Gasteiger partial charge in [-0.15, -0.1) is 0 Å². The molecular formula is C14H27NO4. The first-order valence-electron chi connectivity index (χ1n) is 7.11. The lowest BCUT2D eigenvalue weighted by atomic mass is 10.0. The first-order chi connectivity index (χ1) is 9.01. The van der Waals surface area contributed by atoms with Crippen LogP contribution in [0.3, 0.4) is 0 Å². The summed E-state index contributed by atoms with van der Waals surface area (Å²) < 4.78 is 10.1. The van der Waals surface area contributed by atoms with Crippen LogP contribution in [-0.2, 0) is 14.3 Å². The Bertz CT molecular complexity index is 266. The molecule has 1 N–H and O–H groups in total. The zero-order chi connectivity index (χ0) is 14.7. The molecule has 0 saturated heterocycles.